The van der Waals surface area contributed by atoms with E-state index in [0.717, 1.165) is 33.4 Å². The average molecular weight is 895 g/mol. The van der Waals surface area contributed by atoms with E-state index in [-0.39, 0.29) is 38.3 Å². The summed E-state index contributed by atoms with van der Waals surface area (Å²) in [7, 11) is 0. The first-order chi connectivity index (χ1) is 33.0. The van der Waals surface area contributed by atoms with E-state index in [1.165, 1.54) is 76.6 Å². The summed E-state index contributed by atoms with van der Waals surface area (Å²) < 4.78 is 0. The van der Waals surface area contributed by atoms with Crippen molar-refractivity contribution >= 4 is 34.1 Å². The van der Waals surface area contributed by atoms with E-state index in [1.54, 1.807) is 11.8 Å². The first kappa shape index (κ1) is 44.3. The molecule has 0 fully saturated rings. The molecule has 4 N–H and O–H groups in total. The van der Waals surface area contributed by atoms with Gasteiger partial charge in [0, 0.05) is 48.1 Å². The van der Waals surface area contributed by atoms with E-state index in [1.807, 2.05) is 0 Å². The Kier molecular flexibility index (Phi) is 13.3. The molecule has 5 heteroatoms. The lowest BCUT2D eigenvalue weighted by molar-refractivity contribution is 0.299. The minimum absolute atomic E-state index is 0.0242. The van der Waals surface area contributed by atoms with Gasteiger partial charge in [-0.15, -0.1) is 0 Å². The van der Waals surface area contributed by atoms with Crippen LogP contribution in [-0.2, 0) is 25.7 Å². The van der Waals surface area contributed by atoms with Crippen LogP contribution in [0.4, 0.5) is 0 Å². The molecule has 0 radical (unpaired) electrons. The third-order valence-corrected chi connectivity index (χ3v) is 14.5. The minimum atomic E-state index is 0.0242. The van der Waals surface area contributed by atoms with Crippen molar-refractivity contribution in [2.24, 2.45) is 0 Å². The second kappa shape index (κ2) is 20.1. The lowest BCUT2D eigenvalue weighted by Gasteiger charge is -2.20. The monoisotopic (exact) mass is 894 g/mol. The zero-order valence-corrected chi connectivity index (χ0v) is 38.3. The first-order valence-corrected chi connectivity index (χ1v) is 24.2. The quantitative estimate of drug-likeness (QED) is 0.0777. The van der Waals surface area contributed by atoms with Gasteiger partial charge in [0.2, 0.25) is 0 Å². The second-order valence-electron chi connectivity index (χ2n) is 17.5. The molecule has 67 heavy (non-hydrogen) atoms. The lowest BCUT2D eigenvalue weighted by Crippen LogP contribution is -2.02. The van der Waals surface area contributed by atoms with Gasteiger partial charge in [-0.05, 0) is 150 Å². The average Bonchev–Trinajstić information content (AvgIpc) is 3.90. The van der Waals surface area contributed by atoms with E-state index in [2.05, 4.69) is 194 Å². The molecule has 0 aromatic heterocycles. The number of allylic oxidation sites excluding steroid dienone is 2. The smallest absolute Gasteiger partial charge is 0.0471 e. The van der Waals surface area contributed by atoms with E-state index >= 15 is 0 Å². The summed E-state index contributed by atoms with van der Waals surface area (Å²) in [6, 6.07) is 70.5. The van der Waals surface area contributed by atoms with Crippen LogP contribution >= 0.6 is 11.8 Å². The van der Waals surface area contributed by atoms with Gasteiger partial charge in [-0.2, -0.15) is 0 Å². The summed E-state index contributed by atoms with van der Waals surface area (Å²) in [4.78, 5) is 2.34. The number of hydrogen-bond donors (Lipinski definition) is 4. The Morgan fingerprint density at radius 1 is 0.313 bits per heavy atom. The lowest BCUT2D eigenvalue weighted by atomic mass is 9.84. The Morgan fingerprint density at radius 2 is 0.612 bits per heavy atom. The maximum absolute atomic E-state index is 9.66. The maximum atomic E-state index is 9.66. The zero-order valence-electron chi connectivity index (χ0n) is 37.5. The summed E-state index contributed by atoms with van der Waals surface area (Å²) in [5.41, 5.74) is 21.6. The summed E-state index contributed by atoms with van der Waals surface area (Å²) in [6.45, 7) is 0.491. The van der Waals surface area contributed by atoms with Crippen molar-refractivity contribution in [2.75, 3.05) is 26.4 Å². The van der Waals surface area contributed by atoms with E-state index < -0.39 is 0 Å². The molecule has 0 bridgehead atoms. The van der Waals surface area contributed by atoms with Crippen LogP contribution in [0.15, 0.2) is 204 Å². The molecule has 8 aromatic rings. The van der Waals surface area contributed by atoms with Crippen molar-refractivity contribution < 1.29 is 20.4 Å². The van der Waals surface area contributed by atoms with Crippen LogP contribution in [0.5, 0.6) is 0 Å². The van der Waals surface area contributed by atoms with Gasteiger partial charge in [-0.1, -0.05) is 182 Å². The first-order valence-electron chi connectivity index (χ1n) is 23.4. The minimum Gasteiger partial charge on any atom is -0.396 e. The van der Waals surface area contributed by atoms with Gasteiger partial charge >= 0.3 is 0 Å². The topological polar surface area (TPSA) is 80.9 Å². The standard InChI is InChI=1S/C62H54O4S/c63-37-33-41-9-17-45(18-10-41)57-53-5-1-3-7-55(53)59(61(57)49-21-13-43(14-22-49)35-39-65)47-25-29-51(30-26-47)67-52-31-27-48(28-32-52)60-56-8-4-2-6-54(56)58(46-19-11-42(12-20-46)34-38-64)62(60)50-23-15-44(16-24-50)36-40-66/h1-32,59-60,63-66H,33-40H2. The van der Waals surface area contributed by atoms with Gasteiger partial charge in [0.05, 0.1) is 0 Å². The predicted octanol–water partition coefficient (Wildman–Crippen LogP) is 12.2. The Hall–Kier alpha value is -6.57. The van der Waals surface area contributed by atoms with Gasteiger partial charge in [0.25, 0.3) is 0 Å². The van der Waals surface area contributed by atoms with Crippen molar-refractivity contribution in [3.05, 3.63) is 272 Å². The Morgan fingerprint density at radius 3 is 0.925 bits per heavy atom. The van der Waals surface area contributed by atoms with Crippen LogP contribution in [0, 0.1) is 0 Å². The Balaban J connectivity index is 0.976. The highest BCUT2D eigenvalue weighted by molar-refractivity contribution is 7.99. The van der Waals surface area contributed by atoms with E-state index in [4.69, 9.17) is 0 Å². The van der Waals surface area contributed by atoms with Crippen molar-refractivity contribution in [2.45, 2.75) is 47.3 Å². The molecule has 0 amide bonds. The molecule has 0 saturated heterocycles. The molecule has 0 saturated carbocycles. The highest BCUT2D eigenvalue weighted by Crippen LogP contribution is 2.54. The molecule has 0 heterocycles. The molecule has 10 rings (SSSR count). The van der Waals surface area contributed by atoms with Crippen LogP contribution in [0.1, 0.15) is 89.7 Å². The fourth-order valence-electron chi connectivity index (χ4n) is 10.3. The normalized spacial score (nSPS) is 15.3. The maximum Gasteiger partial charge on any atom is 0.0471 e. The van der Waals surface area contributed by atoms with Crippen LogP contribution in [0.3, 0.4) is 0 Å². The van der Waals surface area contributed by atoms with Gasteiger partial charge in [0.1, 0.15) is 0 Å². The highest BCUT2D eigenvalue weighted by Gasteiger charge is 2.35. The molecule has 2 aliphatic carbocycles. The number of hydrogen-bond acceptors (Lipinski definition) is 5. The van der Waals surface area contributed by atoms with Crippen molar-refractivity contribution in [3.8, 4) is 0 Å². The molecule has 2 unspecified atom stereocenters. The predicted molar refractivity (Wildman–Crippen MR) is 274 cm³/mol. The van der Waals surface area contributed by atoms with Gasteiger partial charge in [-0.25, -0.2) is 0 Å². The third-order valence-electron chi connectivity index (χ3n) is 13.5. The zero-order chi connectivity index (χ0) is 45.7. The Bertz CT molecular complexity index is 2830. The van der Waals surface area contributed by atoms with Crippen molar-refractivity contribution in [1.29, 1.82) is 0 Å². The highest BCUT2D eigenvalue weighted by atomic mass is 32.2. The molecule has 0 spiro atoms. The third kappa shape index (κ3) is 9.02. The molecule has 8 aromatic carbocycles. The molecular weight excluding hydrogens is 841 g/mol. The fraction of sp³-hybridized carbons (Fsp3) is 0.161. The number of fused-ring (bicyclic) bond motifs is 2. The number of benzene rings is 8. The summed E-state index contributed by atoms with van der Waals surface area (Å²) in [6.07, 6.45) is 2.51. The van der Waals surface area contributed by atoms with Crippen LogP contribution < -0.4 is 0 Å². The van der Waals surface area contributed by atoms with Gasteiger partial charge in [-0.3, -0.25) is 0 Å². The molecule has 332 valence electrons. The Labute approximate surface area is 398 Å². The largest absolute Gasteiger partial charge is 0.396 e. The van der Waals surface area contributed by atoms with E-state index in [0.29, 0.717) is 25.7 Å². The van der Waals surface area contributed by atoms with Gasteiger partial charge in [0.15, 0.2) is 0 Å². The molecule has 2 atom stereocenters. The SMILES string of the molecule is OCCc1ccc(C2=C(c3ccc(CCO)cc3)C(c3ccc(Sc4ccc(C5C(c6ccc(CCO)cc6)=C(c6ccc(CCO)cc6)c6ccccc65)cc4)cc3)c3ccccc32)cc1. The molecular formula is C62H54O4S. The van der Waals surface area contributed by atoms with Crippen LogP contribution in [-0.4, -0.2) is 46.9 Å². The molecule has 2 aliphatic rings. The number of aliphatic hydroxyl groups excluding tert-OH is 4. The van der Waals surface area contributed by atoms with Crippen LogP contribution in [0.25, 0.3) is 22.3 Å². The summed E-state index contributed by atoms with van der Waals surface area (Å²) in [5, 5.41) is 38.5. The van der Waals surface area contributed by atoms with Crippen molar-refractivity contribution in [3.63, 3.8) is 0 Å². The summed E-state index contributed by atoms with van der Waals surface area (Å²) >= 11 is 1.77. The number of rotatable bonds is 16. The van der Waals surface area contributed by atoms with Crippen molar-refractivity contribution in [1.82, 2.24) is 0 Å². The molecule has 4 nitrogen and oxygen atoms in total. The molecule has 0 aliphatic heterocycles. The second-order valence-corrected chi connectivity index (χ2v) is 18.7. The van der Waals surface area contributed by atoms with E-state index in [9.17, 15) is 20.4 Å². The van der Waals surface area contributed by atoms with Crippen LogP contribution in [0.2, 0.25) is 0 Å². The number of aliphatic hydroxyl groups is 4. The fourth-order valence-corrected chi connectivity index (χ4v) is 11.1. The van der Waals surface area contributed by atoms with Gasteiger partial charge < -0.3 is 20.4 Å². The summed E-state index contributed by atoms with van der Waals surface area (Å²) in [5.74, 6) is 0.0484.